The first kappa shape index (κ1) is 26.2. The molecule has 0 aromatic rings. The molecule has 1 aliphatic carbocycles. The SMILES string of the molecule is C=C(C)[C@@H]1CC[C@](C)(/C=C/C(C)C)O1.C[C@H]1C[C@](C)(/C=C/C(C)(C)C)CC[C@@H]1O. The van der Waals surface area contributed by atoms with Crippen LogP contribution in [-0.2, 0) is 4.74 Å². The average molecular weight is 405 g/mol. The van der Waals surface area contributed by atoms with E-state index in [0.29, 0.717) is 17.3 Å². The topological polar surface area (TPSA) is 29.5 Å². The Morgan fingerprint density at radius 1 is 1.14 bits per heavy atom. The fourth-order valence-corrected chi connectivity index (χ4v) is 4.06. The van der Waals surface area contributed by atoms with Crippen molar-refractivity contribution in [2.24, 2.45) is 22.7 Å². The van der Waals surface area contributed by atoms with Crippen molar-refractivity contribution in [2.45, 2.75) is 112 Å². The van der Waals surface area contributed by atoms with Crippen LogP contribution in [-0.4, -0.2) is 22.9 Å². The average Bonchev–Trinajstić information content (AvgIpc) is 2.99. The van der Waals surface area contributed by atoms with Crippen molar-refractivity contribution in [3.63, 3.8) is 0 Å². The van der Waals surface area contributed by atoms with E-state index in [-0.39, 0.29) is 23.2 Å². The van der Waals surface area contributed by atoms with Crippen LogP contribution in [0.15, 0.2) is 36.5 Å². The third kappa shape index (κ3) is 9.66. The minimum Gasteiger partial charge on any atom is -0.393 e. The Morgan fingerprint density at radius 3 is 2.21 bits per heavy atom. The van der Waals surface area contributed by atoms with Crippen molar-refractivity contribution < 1.29 is 9.84 Å². The first-order valence-electron chi connectivity index (χ1n) is 11.6. The zero-order chi connectivity index (χ0) is 22.5. The third-order valence-electron chi connectivity index (χ3n) is 6.14. The Kier molecular flexibility index (Phi) is 9.43. The molecule has 0 spiro atoms. The first-order valence-corrected chi connectivity index (χ1v) is 11.6. The van der Waals surface area contributed by atoms with Crippen LogP contribution in [0.5, 0.6) is 0 Å². The molecule has 2 rings (SSSR count). The van der Waals surface area contributed by atoms with E-state index in [4.69, 9.17) is 4.74 Å². The van der Waals surface area contributed by atoms with Gasteiger partial charge in [-0.2, -0.15) is 0 Å². The quantitative estimate of drug-likeness (QED) is 0.492. The molecule has 2 nitrogen and oxygen atoms in total. The molecule has 1 N–H and O–H groups in total. The zero-order valence-electron chi connectivity index (χ0n) is 20.7. The van der Waals surface area contributed by atoms with Gasteiger partial charge in [-0.15, -0.1) is 0 Å². The molecule has 29 heavy (non-hydrogen) atoms. The summed E-state index contributed by atoms with van der Waals surface area (Å²) in [6.45, 7) is 23.7. The summed E-state index contributed by atoms with van der Waals surface area (Å²) in [6, 6.07) is 0. The predicted molar refractivity (Wildman–Crippen MR) is 127 cm³/mol. The fourth-order valence-electron chi connectivity index (χ4n) is 4.06. The Hall–Kier alpha value is -0.860. The minimum absolute atomic E-state index is 0.0616. The van der Waals surface area contributed by atoms with Gasteiger partial charge < -0.3 is 9.84 Å². The second-order valence-corrected chi connectivity index (χ2v) is 11.5. The van der Waals surface area contributed by atoms with Gasteiger partial charge in [-0.3, -0.25) is 0 Å². The van der Waals surface area contributed by atoms with Crippen molar-refractivity contribution in [3.8, 4) is 0 Å². The van der Waals surface area contributed by atoms with Crippen LogP contribution in [0.3, 0.4) is 0 Å². The molecule has 2 fully saturated rings. The molecule has 0 amide bonds. The summed E-state index contributed by atoms with van der Waals surface area (Å²) in [5, 5.41) is 9.71. The normalized spacial score (nSPS) is 35.9. The maximum Gasteiger partial charge on any atom is 0.0843 e. The molecule has 1 saturated carbocycles. The molecule has 2 heteroatoms. The third-order valence-corrected chi connectivity index (χ3v) is 6.14. The maximum absolute atomic E-state index is 9.71. The molecule has 1 aliphatic heterocycles. The number of hydrogen-bond donors (Lipinski definition) is 1. The molecule has 0 aromatic carbocycles. The highest BCUT2D eigenvalue weighted by atomic mass is 16.5. The summed E-state index contributed by atoms with van der Waals surface area (Å²) >= 11 is 0. The van der Waals surface area contributed by atoms with Gasteiger partial charge in [-0.05, 0) is 68.6 Å². The lowest BCUT2D eigenvalue weighted by Crippen LogP contribution is -2.32. The van der Waals surface area contributed by atoms with Gasteiger partial charge in [0.25, 0.3) is 0 Å². The summed E-state index contributed by atoms with van der Waals surface area (Å²) in [4.78, 5) is 0. The monoisotopic (exact) mass is 404 g/mol. The van der Waals surface area contributed by atoms with Crippen LogP contribution in [0.1, 0.15) is 94.4 Å². The largest absolute Gasteiger partial charge is 0.393 e. The summed E-state index contributed by atoms with van der Waals surface area (Å²) in [5.41, 5.74) is 1.65. The van der Waals surface area contributed by atoms with E-state index in [1.165, 1.54) is 0 Å². The van der Waals surface area contributed by atoms with E-state index in [1.54, 1.807) is 0 Å². The highest BCUT2D eigenvalue weighted by Gasteiger charge is 2.34. The van der Waals surface area contributed by atoms with Gasteiger partial charge in [0.05, 0.1) is 17.8 Å². The number of aliphatic hydroxyl groups excluding tert-OH is 1. The van der Waals surface area contributed by atoms with Crippen molar-refractivity contribution in [1.82, 2.24) is 0 Å². The second kappa shape index (κ2) is 10.4. The van der Waals surface area contributed by atoms with E-state index < -0.39 is 0 Å². The molecule has 168 valence electrons. The van der Waals surface area contributed by atoms with Gasteiger partial charge in [0.2, 0.25) is 0 Å². The predicted octanol–water partition coefficient (Wildman–Crippen LogP) is 7.49. The van der Waals surface area contributed by atoms with Gasteiger partial charge in [0.15, 0.2) is 0 Å². The molecule has 2 aliphatic rings. The molecule has 1 saturated heterocycles. The van der Waals surface area contributed by atoms with E-state index >= 15 is 0 Å². The van der Waals surface area contributed by atoms with Crippen LogP contribution < -0.4 is 0 Å². The molecular formula is C27H48O2. The van der Waals surface area contributed by atoms with Crippen molar-refractivity contribution >= 4 is 0 Å². The van der Waals surface area contributed by atoms with Gasteiger partial charge in [0.1, 0.15) is 0 Å². The number of allylic oxidation sites excluding steroid dienone is 3. The smallest absolute Gasteiger partial charge is 0.0843 e. The Balaban J connectivity index is 0.000000291. The number of ether oxygens (including phenoxy) is 1. The van der Waals surface area contributed by atoms with E-state index in [1.807, 2.05) is 6.92 Å². The Bertz CT molecular complexity index is 580. The zero-order valence-corrected chi connectivity index (χ0v) is 20.7. The molecule has 1 heterocycles. The number of rotatable bonds is 4. The first-order chi connectivity index (χ1) is 13.1. The van der Waals surface area contributed by atoms with Gasteiger partial charge in [-0.25, -0.2) is 0 Å². The molecule has 0 radical (unpaired) electrons. The highest BCUT2D eigenvalue weighted by Crippen LogP contribution is 2.41. The molecular weight excluding hydrogens is 356 g/mol. The minimum atomic E-state index is -0.0823. The Morgan fingerprint density at radius 2 is 1.76 bits per heavy atom. The molecule has 0 bridgehead atoms. The van der Waals surface area contributed by atoms with Crippen LogP contribution >= 0.6 is 0 Å². The van der Waals surface area contributed by atoms with Crippen LogP contribution in [0.4, 0.5) is 0 Å². The Labute approximate surface area is 181 Å². The molecule has 5 atom stereocenters. The van der Waals surface area contributed by atoms with E-state index in [0.717, 1.165) is 37.7 Å². The van der Waals surface area contributed by atoms with Gasteiger partial charge in [-0.1, -0.05) is 84.9 Å². The van der Waals surface area contributed by atoms with Gasteiger partial charge in [0, 0.05) is 0 Å². The van der Waals surface area contributed by atoms with Gasteiger partial charge >= 0.3 is 0 Å². The van der Waals surface area contributed by atoms with E-state index in [2.05, 4.69) is 86.3 Å². The standard InChI is InChI=1S/C14H26O.C13H22O/c1-11-10-14(5,7-6-12(11)15)9-8-13(2,3)4;1-10(2)6-8-13(5)9-7-12(14-13)11(3)4/h8-9,11-12,15H,6-7,10H2,1-5H3;6,8,10,12H,3,7,9H2,1-2,4-5H3/b9-8+;8-6+/t11-,12-,14-;12-,13-/m00/s1. The van der Waals surface area contributed by atoms with Crippen molar-refractivity contribution in [1.29, 1.82) is 0 Å². The summed E-state index contributed by atoms with van der Waals surface area (Å²) in [6.07, 6.45) is 14.7. The maximum atomic E-state index is 9.71. The lowest BCUT2D eigenvalue weighted by atomic mass is 9.69. The lowest BCUT2D eigenvalue weighted by Gasteiger charge is -2.38. The molecule has 0 unspecified atom stereocenters. The summed E-state index contributed by atoms with van der Waals surface area (Å²) in [5.74, 6) is 1.03. The summed E-state index contributed by atoms with van der Waals surface area (Å²) in [7, 11) is 0. The number of hydrogen-bond acceptors (Lipinski definition) is 2. The second-order valence-electron chi connectivity index (χ2n) is 11.5. The van der Waals surface area contributed by atoms with E-state index in [9.17, 15) is 5.11 Å². The van der Waals surface area contributed by atoms with Crippen LogP contribution in [0.2, 0.25) is 0 Å². The highest BCUT2D eigenvalue weighted by molar-refractivity contribution is 5.10. The molecule has 0 aromatic heterocycles. The van der Waals surface area contributed by atoms with Crippen LogP contribution in [0.25, 0.3) is 0 Å². The van der Waals surface area contributed by atoms with Crippen molar-refractivity contribution in [2.75, 3.05) is 0 Å². The van der Waals surface area contributed by atoms with Crippen molar-refractivity contribution in [3.05, 3.63) is 36.5 Å². The number of aliphatic hydroxyl groups is 1. The fraction of sp³-hybridized carbons (Fsp3) is 0.778. The summed E-state index contributed by atoms with van der Waals surface area (Å²) < 4.78 is 5.97. The lowest BCUT2D eigenvalue weighted by molar-refractivity contribution is 0.0218. The van der Waals surface area contributed by atoms with Crippen LogP contribution in [0, 0.1) is 22.7 Å².